The second-order valence-electron chi connectivity index (χ2n) is 9.72. The number of hydrogen-bond acceptors (Lipinski definition) is 6. The van der Waals surface area contributed by atoms with Crippen molar-refractivity contribution in [2.75, 3.05) is 6.54 Å². The molecule has 0 bridgehead atoms. The number of amides is 2. The van der Waals surface area contributed by atoms with Gasteiger partial charge in [-0.05, 0) is 57.8 Å². The van der Waals surface area contributed by atoms with Crippen LogP contribution in [0.3, 0.4) is 0 Å². The minimum absolute atomic E-state index is 0.0906. The molecular weight excluding hydrogens is 564 g/mol. The molecule has 2 amide bonds. The fourth-order valence-electron chi connectivity index (χ4n) is 4.29. The lowest BCUT2D eigenvalue weighted by molar-refractivity contribution is -0.120. The molecule has 0 saturated carbocycles. The van der Waals surface area contributed by atoms with Gasteiger partial charge in [0, 0.05) is 25.1 Å². The molecule has 0 spiro atoms. The molecule has 0 fully saturated rings. The standard InChI is InChI=1S/C36H46N6O3/c1-7-13-15-16-21-28(18-9-3)22-17-24-33(43)37-26-25-34-40-35(41-45-34)36(44)38-27-32-39-30(23-14-8-2)31(12-6)42(32)29(19-10-4)20-11-5/h7-8,10-13,15-20,22-23H,2,4,9,14,21,24-27H2,1,3,5-6H3,(H,37,43)(H,38,44)/b13-7-,16-15-,20-11-,22-17-,28-18-,29-19+,30-23+,31-12+. The number of carbonyl (C=O) groups is 2. The second kappa shape index (κ2) is 20.8. The van der Waals surface area contributed by atoms with Crippen LogP contribution in [0.15, 0.2) is 96.2 Å². The van der Waals surface area contributed by atoms with Crippen molar-refractivity contribution in [3.8, 4) is 0 Å². The molecule has 9 nitrogen and oxygen atoms in total. The van der Waals surface area contributed by atoms with Crippen molar-refractivity contribution in [2.24, 2.45) is 0 Å². The quantitative estimate of drug-likeness (QED) is 0.172. The maximum atomic E-state index is 12.9. The van der Waals surface area contributed by atoms with Gasteiger partial charge in [-0.3, -0.25) is 14.2 Å². The zero-order valence-corrected chi connectivity index (χ0v) is 27.0. The molecule has 2 aromatic heterocycles. The van der Waals surface area contributed by atoms with E-state index in [9.17, 15) is 9.59 Å². The molecule has 2 rings (SSSR count). The summed E-state index contributed by atoms with van der Waals surface area (Å²) in [4.78, 5) is 34.2. The Labute approximate surface area is 266 Å². The van der Waals surface area contributed by atoms with Crippen LogP contribution in [0.2, 0.25) is 0 Å². The van der Waals surface area contributed by atoms with Gasteiger partial charge in [0.2, 0.25) is 11.8 Å². The molecule has 0 radical (unpaired) electrons. The van der Waals surface area contributed by atoms with Crippen LogP contribution < -0.4 is 21.3 Å². The van der Waals surface area contributed by atoms with Crippen LogP contribution in [0.5, 0.6) is 0 Å². The highest BCUT2D eigenvalue weighted by molar-refractivity contribution is 5.90. The first-order chi connectivity index (χ1) is 21.9. The molecule has 45 heavy (non-hydrogen) atoms. The van der Waals surface area contributed by atoms with Gasteiger partial charge in [-0.25, -0.2) is 4.98 Å². The number of hydrogen-bond donors (Lipinski definition) is 2. The van der Waals surface area contributed by atoms with E-state index in [1.54, 1.807) is 12.2 Å². The Kier molecular flexibility index (Phi) is 16.7. The van der Waals surface area contributed by atoms with Crippen LogP contribution in [0.1, 0.15) is 75.7 Å². The number of nitrogens with one attached hydrogen (secondary N) is 2. The SMILES string of the molecule is C=C/C=C(\C=C/C)n1c(CNC(=O)c2noc(CCNC(=O)C/C=C\C(=C/CC)C/C=C\C=C/C)n2)nc(=C/CC=C)/c1=C\C. The van der Waals surface area contributed by atoms with E-state index in [0.29, 0.717) is 25.2 Å². The van der Waals surface area contributed by atoms with Gasteiger partial charge in [0.25, 0.3) is 11.7 Å². The van der Waals surface area contributed by atoms with E-state index in [4.69, 9.17) is 9.51 Å². The van der Waals surface area contributed by atoms with E-state index in [1.165, 1.54) is 0 Å². The third kappa shape index (κ3) is 12.2. The number of rotatable bonds is 18. The molecule has 2 aromatic rings. The van der Waals surface area contributed by atoms with Crippen molar-refractivity contribution >= 4 is 29.7 Å². The first-order valence-electron chi connectivity index (χ1n) is 15.2. The smallest absolute Gasteiger partial charge is 0.293 e. The molecule has 0 aliphatic rings. The Bertz CT molecular complexity index is 1590. The zero-order chi connectivity index (χ0) is 32.9. The average Bonchev–Trinajstić information content (AvgIpc) is 3.65. The summed E-state index contributed by atoms with van der Waals surface area (Å²) in [6.07, 6.45) is 30.2. The fraction of sp³-hybridized carbons (Fsp3) is 0.306. The maximum Gasteiger partial charge on any atom is 0.293 e. The number of nitrogens with zero attached hydrogens (tertiary/aromatic N) is 4. The molecular formula is C36H46N6O3. The highest BCUT2D eigenvalue weighted by Gasteiger charge is 2.17. The summed E-state index contributed by atoms with van der Waals surface area (Å²) >= 11 is 0. The van der Waals surface area contributed by atoms with Crippen LogP contribution in [0.4, 0.5) is 0 Å². The van der Waals surface area contributed by atoms with Crippen LogP contribution in [-0.4, -0.2) is 38.1 Å². The van der Waals surface area contributed by atoms with Crippen LogP contribution >= 0.6 is 0 Å². The molecule has 2 heterocycles. The average molecular weight is 611 g/mol. The summed E-state index contributed by atoms with van der Waals surface area (Å²) in [7, 11) is 0. The van der Waals surface area contributed by atoms with E-state index in [1.807, 2.05) is 86.1 Å². The summed E-state index contributed by atoms with van der Waals surface area (Å²) in [5.74, 6) is 0.180. The van der Waals surface area contributed by atoms with Crippen molar-refractivity contribution in [3.05, 3.63) is 120 Å². The molecule has 9 heteroatoms. The maximum absolute atomic E-state index is 12.9. The van der Waals surface area contributed by atoms with Gasteiger partial charge in [0.05, 0.1) is 17.2 Å². The Hall–Kier alpha value is -5.05. The molecule has 0 aliphatic heterocycles. The largest absolute Gasteiger partial charge is 0.355 e. The molecule has 0 atom stereocenters. The Morgan fingerprint density at radius 2 is 1.82 bits per heavy atom. The number of aromatic nitrogens is 4. The van der Waals surface area contributed by atoms with Crippen molar-refractivity contribution in [2.45, 2.75) is 66.3 Å². The van der Waals surface area contributed by atoms with Crippen LogP contribution in [0, 0.1) is 0 Å². The monoisotopic (exact) mass is 610 g/mol. The van der Waals surface area contributed by atoms with E-state index in [2.05, 4.69) is 53.0 Å². The van der Waals surface area contributed by atoms with Gasteiger partial charge >= 0.3 is 0 Å². The first kappa shape index (κ1) is 36.1. The van der Waals surface area contributed by atoms with E-state index in [0.717, 1.165) is 34.8 Å². The van der Waals surface area contributed by atoms with Gasteiger partial charge < -0.3 is 15.2 Å². The predicted molar refractivity (Wildman–Crippen MR) is 183 cm³/mol. The summed E-state index contributed by atoms with van der Waals surface area (Å²) in [5, 5.41) is 11.2. The third-order valence-corrected chi connectivity index (χ3v) is 6.28. The Morgan fingerprint density at radius 1 is 1.00 bits per heavy atom. The lowest BCUT2D eigenvalue weighted by Gasteiger charge is -2.10. The molecule has 0 unspecified atom stereocenters. The molecule has 238 valence electrons. The minimum atomic E-state index is -0.496. The zero-order valence-electron chi connectivity index (χ0n) is 27.0. The minimum Gasteiger partial charge on any atom is -0.355 e. The van der Waals surface area contributed by atoms with E-state index < -0.39 is 5.91 Å². The fourth-order valence-corrected chi connectivity index (χ4v) is 4.29. The molecule has 0 aliphatic carbocycles. The van der Waals surface area contributed by atoms with Crippen molar-refractivity contribution in [3.63, 3.8) is 0 Å². The summed E-state index contributed by atoms with van der Waals surface area (Å²) in [6, 6.07) is 0. The Balaban J connectivity index is 2.00. The van der Waals surface area contributed by atoms with Gasteiger partial charge in [0.15, 0.2) is 0 Å². The topological polar surface area (TPSA) is 115 Å². The normalized spacial score (nSPS) is 13.6. The van der Waals surface area contributed by atoms with Gasteiger partial charge in [0.1, 0.15) is 5.82 Å². The molecule has 0 aromatic carbocycles. The molecule has 0 saturated heterocycles. The van der Waals surface area contributed by atoms with Gasteiger partial charge in [-0.15, -0.1) is 6.58 Å². The number of allylic oxidation sites excluding steroid dienone is 13. The number of carbonyl (C=O) groups excluding carboxylic acids is 2. The number of imidazole rings is 1. The van der Waals surface area contributed by atoms with Gasteiger partial charge in [-0.1, -0.05) is 91.6 Å². The Morgan fingerprint density at radius 3 is 2.51 bits per heavy atom. The predicted octanol–water partition coefficient (Wildman–Crippen LogP) is 5.42. The van der Waals surface area contributed by atoms with Crippen LogP contribution in [0.25, 0.3) is 17.8 Å². The molecule has 2 N–H and O–H groups in total. The van der Waals surface area contributed by atoms with E-state index in [-0.39, 0.29) is 30.6 Å². The highest BCUT2D eigenvalue weighted by atomic mass is 16.5. The van der Waals surface area contributed by atoms with Crippen LogP contribution in [-0.2, 0) is 17.8 Å². The lowest BCUT2D eigenvalue weighted by Crippen LogP contribution is -2.30. The van der Waals surface area contributed by atoms with E-state index >= 15 is 0 Å². The van der Waals surface area contributed by atoms with Crippen molar-refractivity contribution < 1.29 is 14.1 Å². The third-order valence-electron chi connectivity index (χ3n) is 6.28. The summed E-state index contributed by atoms with van der Waals surface area (Å²) < 4.78 is 7.22. The first-order valence-corrected chi connectivity index (χ1v) is 15.2. The van der Waals surface area contributed by atoms with Crippen molar-refractivity contribution in [1.82, 2.24) is 30.3 Å². The highest BCUT2D eigenvalue weighted by Crippen LogP contribution is 2.09. The van der Waals surface area contributed by atoms with Crippen molar-refractivity contribution in [1.29, 1.82) is 0 Å². The second-order valence-corrected chi connectivity index (χ2v) is 9.72. The summed E-state index contributed by atoms with van der Waals surface area (Å²) in [6.45, 7) is 16.0. The lowest BCUT2D eigenvalue weighted by atomic mass is 10.1. The summed E-state index contributed by atoms with van der Waals surface area (Å²) in [5.41, 5.74) is 2.01. The van der Waals surface area contributed by atoms with Gasteiger partial charge in [-0.2, -0.15) is 4.98 Å².